The summed E-state index contributed by atoms with van der Waals surface area (Å²) in [7, 11) is 0. The Hall–Kier alpha value is -1.23. The number of rotatable bonds is 4. The first-order chi connectivity index (χ1) is 8.81. The number of hydrogen-bond acceptors (Lipinski definition) is 4. The van der Waals surface area contributed by atoms with E-state index >= 15 is 0 Å². The Morgan fingerprint density at radius 2 is 1.95 bits per heavy atom. The standard InChI is InChI=1S/C12H12F3NO2S/c13-12(14,15)8-2-1-7(6-16)9(5-8)11(18)10(17)3-4-19/h1-2,5,10-11,17-19H,3-4H2. The normalized spacial score (nSPS) is 14.8. The van der Waals surface area contributed by atoms with Crippen LogP contribution in [0.3, 0.4) is 0 Å². The molecule has 0 fully saturated rings. The molecule has 19 heavy (non-hydrogen) atoms. The summed E-state index contributed by atoms with van der Waals surface area (Å²) in [5.41, 5.74) is -1.30. The van der Waals surface area contributed by atoms with Gasteiger partial charge in [-0.25, -0.2) is 0 Å². The molecule has 2 atom stereocenters. The highest BCUT2D eigenvalue weighted by atomic mass is 32.1. The number of hydrogen-bond donors (Lipinski definition) is 3. The minimum absolute atomic E-state index is 0.0984. The molecule has 3 nitrogen and oxygen atoms in total. The Bertz CT molecular complexity index is 485. The summed E-state index contributed by atoms with van der Waals surface area (Å²) in [4.78, 5) is 0. The van der Waals surface area contributed by atoms with Gasteiger partial charge < -0.3 is 10.2 Å². The first-order valence-corrected chi connectivity index (χ1v) is 6.02. The number of benzene rings is 1. The van der Waals surface area contributed by atoms with E-state index in [1.165, 1.54) is 0 Å². The Kier molecular flexibility index (Phi) is 5.23. The van der Waals surface area contributed by atoms with E-state index in [1.54, 1.807) is 6.07 Å². The number of nitrogens with zero attached hydrogens (tertiary/aromatic N) is 1. The first kappa shape index (κ1) is 15.8. The average molecular weight is 291 g/mol. The number of thiol groups is 1. The summed E-state index contributed by atoms with van der Waals surface area (Å²) < 4.78 is 37.7. The molecule has 2 N–H and O–H groups in total. The van der Waals surface area contributed by atoms with Gasteiger partial charge in [0, 0.05) is 5.56 Å². The first-order valence-electron chi connectivity index (χ1n) is 5.39. The summed E-state index contributed by atoms with van der Waals surface area (Å²) in [6, 6.07) is 4.12. The fraction of sp³-hybridized carbons (Fsp3) is 0.417. The number of aliphatic hydroxyl groups is 2. The third-order valence-corrected chi connectivity index (χ3v) is 2.87. The van der Waals surface area contributed by atoms with Crippen molar-refractivity contribution >= 4 is 12.6 Å². The fourth-order valence-corrected chi connectivity index (χ4v) is 1.85. The largest absolute Gasteiger partial charge is 0.416 e. The summed E-state index contributed by atoms with van der Waals surface area (Å²) in [5.74, 6) is 0.263. The zero-order chi connectivity index (χ0) is 14.6. The van der Waals surface area contributed by atoms with Crippen molar-refractivity contribution in [3.8, 4) is 6.07 Å². The van der Waals surface area contributed by atoms with E-state index < -0.39 is 23.9 Å². The van der Waals surface area contributed by atoms with Crippen LogP contribution in [0.25, 0.3) is 0 Å². The minimum atomic E-state index is -4.57. The molecule has 0 saturated heterocycles. The smallest absolute Gasteiger partial charge is 0.390 e. The van der Waals surface area contributed by atoms with Crippen LogP contribution in [-0.4, -0.2) is 22.1 Å². The van der Waals surface area contributed by atoms with Crippen molar-refractivity contribution in [3.05, 3.63) is 34.9 Å². The zero-order valence-electron chi connectivity index (χ0n) is 9.72. The van der Waals surface area contributed by atoms with Gasteiger partial charge in [0.2, 0.25) is 0 Å². The van der Waals surface area contributed by atoms with E-state index in [4.69, 9.17) is 5.26 Å². The predicted octanol–water partition coefficient (Wildman–Crippen LogP) is 2.29. The monoisotopic (exact) mass is 291 g/mol. The Morgan fingerprint density at radius 1 is 1.32 bits per heavy atom. The van der Waals surface area contributed by atoms with E-state index in [9.17, 15) is 23.4 Å². The molecule has 0 aliphatic heterocycles. The van der Waals surface area contributed by atoms with Crippen molar-refractivity contribution in [1.82, 2.24) is 0 Å². The summed E-state index contributed by atoms with van der Waals surface area (Å²) >= 11 is 3.87. The zero-order valence-corrected chi connectivity index (χ0v) is 10.6. The van der Waals surface area contributed by atoms with Gasteiger partial charge in [-0.3, -0.25) is 0 Å². The molecule has 104 valence electrons. The van der Waals surface area contributed by atoms with Crippen molar-refractivity contribution in [3.63, 3.8) is 0 Å². The van der Waals surface area contributed by atoms with Crippen LogP contribution in [0.15, 0.2) is 18.2 Å². The molecule has 7 heteroatoms. The second-order valence-corrected chi connectivity index (χ2v) is 4.38. The molecule has 0 aliphatic carbocycles. The highest BCUT2D eigenvalue weighted by Gasteiger charge is 2.32. The molecule has 0 spiro atoms. The Labute approximate surface area is 113 Å². The molecule has 0 heterocycles. The van der Waals surface area contributed by atoms with E-state index in [2.05, 4.69) is 12.6 Å². The fourth-order valence-electron chi connectivity index (χ4n) is 1.58. The van der Waals surface area contributed by atoms with E-state index in [1.807, 2.05) is 0 Å². The molecular formula is C12H12F3NO2S. The van der Waals surface area contributed by atoms with Crippen molar-refractivity contribution < 1.29 is 23.4 Å². The predicted molar refractivity (Wildman–Crippen MR) is 65.6 cm³/mol. The number of halogens is 3. The van der Waals surface area contributed by atoms with Crippen LogP contribution in [0.5, 0.6) is 0 Å². The van der Waals surface area contributed by atoms with Crippen molar-refractivity contribution in [2.24, 2.45) is 0 Å². The lowest BCUT2D eigenvalue weighted by Crippen LogP contribution is -2.20. The van der Waals surface area contributed by atoms with Crippen molar-refractivity contribution in [2.45, 2.75) is 24.8 Å². The molecule has 0 amide bonds. The summed E-state index contributed by atoms with van der Waals surface area (Å²) in [5, 5.41) is 28.2. The molecular weight excluding hydrogens is 279 g/mol. The quantitative estimate of drug-likeness (QED) is 0.746. The molecule has 1 rings (SSSR count). The van der Waals surface area contributed by atoms with E-state index in [-0.39, 0.29) is 23.3 Å². The Morgan fingerprint density at radius 3 is 2.42 bits per heavy atom. The van der Waals surface area contributed by atoms with Gasteiger partial charge in [0.15, 0.2) is 0 Å². The van der Waals surface area contributed by atoms with Gasteiger partial charge in [-0.05, 0) is 30.4 Å². The SMILES string of the molecule is N#Cc1ccc(C(F)(F)F)cc1C(O)C(O)CCS. The highest BCUT2D eigenvalue weighted by Crippen LogP contribution is 2.33. The molecule has 2 unspecified atom stereocenters. The van der Waals surface area contributed by atoms with Gasteiger partial charge in [0.05, 0.1) is 23.3 Å². The lowest BCUT2D eigenvalue weighted by atomic mass is 9.95. The molecule has 0 radical (unpaired) electrons. The molecule has 1 aromatic rings. The lowest BCUT2D eigenvalue weighted by Gasteiger charge is -2.19. The van der Waals surface area contributed by atoms with Crippen LogP contribution < -0.4 is 0 Å². The van der Waals surface area contributed by atoms with E-state index in [0.29, 0.717) is 6.07 Å². The third kappa shape index (κ3) is 3.86. The maximum atomic E-state index is 12.6. The van der Waals surface area contributed by atoms with Gasteiger partial charge in [0.1, 0.15) is 6.10 Å². The number of alkyl halides is 3. The minimum Gasteiger partial charge on any atom is -0.390 e. The molecule has 0 saturated carbocycles. The lowest BCUT2D eigenvalue weighted by molar-refractivity contribution is -0.137. The maximum Gasteiger partial charge on any atom is 0.416 e. The Balaban J connectivity index is 3.20. The van der Waals surface area contributed by atoms with E-state index in [0.717, 1.165) is 12.1 Å². The summed E-state index contributed by atoms with van der Waals surface area (Å²) in [6.07, 6.45) is -7.29. The second kappa shape index (κ2) is 6.28. The molecule has 0 bridgehead atoms. The maximum absolute atomic E-state index is 12.6. The topological polar surface area (TPSA) is 64.2 Å². The second-order valence-electron chi connectivity index (χ2n) is 3.94. The molecule has 1 aromatic carbocycles. The van der Waals surface area contributed by atoms with Crippen molar-refractivity contribution in [1.29, 1.82) is 5.26 Å². The number of nitriles is 1. The van der Waals surface area contributed by atoms with Gasteiger partial charge in [-0.2, -0.15) is 31.1 Å². The van der Waals surface area contributed by atoms with Crippen LogP contribution in [0.2, 0.25) is 0 Å². The van der Waals surface area contributed by atoms with Gasteiger partial charge >= 0.3 is 6.18 Å². The van der Waals surface area contributed by atoms with Crippen LogP contribution in [0.1, 0.15) is 29.2 Å². The molecule has 0 aliphatic rings. The van der Waals surface area contributed by atoms with Crippen molar-refractivity contribution in [2.75, 3.05) is 5.75 Å². The number of aliphatic hydroxyl groups excluding tert-OH is 2. The summed E-state index contributed by atoms with van der Waals surface area (Å²) in [6.45, 7) is 0. The average Bonchev–Trinajstić information content (AvgIpc) is 2.36. The van der Waals surface area contributed by atoms with Crippen LogP contribution in [0, 0.1) is 11.3 Å². The van der Waals surface area contributed by atoms with Gasteiger partial charge in [0.25, 0.3) is 0 Å². The molecule has 0 aromatic heterocycles. The highest BCUT2D eigenvalue weighted by molar-refractivity contribution is 7.80. The van der Waals surface area contributed by atoms with Gasteiger partial charge in [-0.15, -0.1) is 0 Å². The van der Waals surface area contributed by atoms with Crippen LogP contribution >= 0.6 is 12.6 Å². The van der Waals surface area contributed by atoms with Gasteiger partial charge in [-0.1, -0.05) is 0 Å². The van der Waals surface area contributed by atoms with Crippen LogP contribution in [-0.2, 0) is 6.18 Å². The van der Waals surface area contributed by atoms with Crippen LogP contribution in [0.4, 0.5) is 13.2 Å². The third-order valence-electron chi connectivity index (χ3n) is 2.61.